The van der Waals surface area contributed by atoms with Gasteiger partial charge in [-0.1, -0.05) is 0 Å². The Morgan fingerprint density at radius 2 is 1.44 bits per heavy atom. The average molecular weight is 231 g/mol. The molecule has 0 N–H and O–H groups in total. The fourth-order valence-electron chi connectivity index (χ4n) is 2.47. The van der Waals surface area contributed by atoms with E-state index in [1.807, 2.05) is 0 Å². The first-order valence-corrected chi connectivity index (χ1v) is 7.14. The fourth-order valence-corrected chi connectivity index (χ4v) is 4.94. The number of fused-ring (bicyclic) bond motifs is 3. The summed E-state index contributed by atoms with van der Waals surface area (Å²) in [6, 6.07) is 0. The van der Waals surface area contributed by atoms with Crippen molar-refractivity contribution in [3.05, 3.63) is 0 Å². The van der Waals surface area contributed by atoms with Crippen LogP contribution in [0.3, 0.4) is 0 Å². The molecule has 3 aliphatic carbocycles. The van der Waals surface area contributed by atoms with Gasteiger partial charge in [0.15, 0.2) is 0 Å². The monoisotopic (exact) mass is 232 g/mol. The standard InChI is InChI=1S/C8H13.Sn.3H/c1-2-8-5-3-7(1)4-6-8;;;;/h7H,1-6H2;;;;. The van der Waals surface area contributed by atoms with Gasteiger partial charge in [-0.2, -0.15) is 0 Å². The van der Waals surface area contributed by atoms with E-state index in [2.05, 4.69) is 0 Å². The van der Waals surface area contributed by atoms with Gasteiger partial charge in [0.2, 0.25) is 0 Å². The van der Waals surface area contributed by atoms with E-state index in [0.717, 1.165) is 31.9 Å². The molecule has 52 valence electrons. The molecule has 9 heavy (non-hydrogen) atoms. The van der Waals surface area contributed by atoms with E-state index >= 15 is 0 Å². The zero-order valence-corrected chi connectivity index (χ0v) is 12.0. The molecule has 3 fully saturated rings. The van der Waals surface area contributed by atoms with Gasteiger partial charge in [-0.3, -0.25) is 0 Å². The molecular formula is C8H16Sn. The molecule has 1 heteroatoms. The second-order valence-electron chi connectivity index (χ2n) is 4.29. The predicted octanol–water partition coefficient (Wildman–Crippen LogP) is 1.49. The third-order valence-electron chi connectivity index (χ3n) is 3.47. The summed E-state index contributed by atoms with van der Waals surface area (Å²) in [5.41, 5.74) is 0. The summed E-state index contributed by atoms with van der Waals surface area (Å²) in [5, 5.41) is 0. The maximum atomic E-state index is 1.62. The Labute approximate surface area is 70.5 Å². The van der Waals surface area contributed by atoms with Crippen molar-refractivity contribution in [1.29, 1.82) is 0 Å². The van der Waals surface area contributed by atoms with Crippen molar-refractivity contribution in [2.75, 3.05) is 0 Å². The summed E-state index contributed by atoms with van der Waals surface area (Å²) in [4.78, 5) is 0. The van der Waals surface area contributed by atoms with Crippen LogP contribution in [0.2, 0.25) is 3.43 Å². The fraction of sp³-hybridized carbons (Fsp3) is 1.00. The molecule has 0 saturated heterocycles. The van der Waals surface area contributed by atoms with Gasteiger partial charge in [0, 0.05) is 0 Å². The van der Waals surface area contributed by atoms with E-state index in [-0.39, 0.29) is 0 Å². The van der Waals surface area contributed by atoms with Crippen LogP contribution in [0.15, 0.2) is 0 Å². The van der Waals surface area contributed by atoms with E-state index in [1.54, 1.807) is 38.5 Å². The van der Waals surface area contributed by atoms with Crippen molar-refractivity contribution < 1.29 is 0 Å². The van der Waals surface area contributed by atoms with Crippen molar-refractivity contribution in [3.63, 3.8) is 0 Å². The van der Waals surface area contributed by atoms with Gasteiger partial charge < -0.3 is 0 Å². The quantitative estimate of drug-likeness (QED) is 0.554. The molecule has 0 radical (unpaired) electrons. The van der Waals surface area contributed by atoms with Gasteiger partial charge in [-0.05, 0) is 0 Å². The van der Waals surface area contributed by atoms with Gasteiger partial charge in [-0.15, -0.1) is 0 Å². The normalized spacial score (nSPS) is 50.0. The molecule has 0 unspecified atom stereocenters. The molecule has 0 aliphatic heterocycles. The van der Waals surface area contributed by atoms with Gasteiger partial charge >= 0.3 is 70.4 Å². The van der Waals surface area contributed by atoms with Crippen molar-refractivity contribution >= 4 is 22.5 Å². The number of hydrogen-bond acceptors (Lipinski definition) is 0. The van der Waals surface area contributed by atoms with Crippen molar-refractivity contribution in [3.8, 4) is 0 Å². The first-order valence-electron chi connectivity index (χ1n) is 4.29. The SMILES string of the molecule is [SnH3][C]12CCC(CC1)CC2. The second kappa shape index (κ2) is 2.14. The first kappa shape index (κ1) is 6.51. The van der Waals surface area contributed by atoms with Crippen LogP contribution in [0, 0.1) is 5.92 Å². The molecule has 0 amide bonds. The van der Waals surface area contributed by atoms with Crippen LogP contribution in [-0.4, -0.2) is 22.5 Å². The van der Waals surface area contributed by atoms with Crippen molar-refractivity contribution in [2.45, 2.75) is 42.0 Å². The van der Waals surface area contributed by atoms with Crippen molar-refractivity contribution in [2.24, 2.45) is 5.92 Å². The Bertz CT molecular complexity index is 98.0. The van der Waals surface area contributed by atoms with Gasteiger partial charge in [0.25, 0.3) is 0 Å². The predicted molar refractivity (Wildman–Crippen MR) is 43.8 cm³/mol. The molecular weight excluding hydrogens is 215 g/mol. The van der Waals surface area contributed by atoms with Crippen LogP contribution >= 0.6 is 0 Å². The molecule has 0 aromatic carbocycles. The minimum atomic E-state index is 0.953. The molecule has 0 spiro atoms. The Kier molecular flexibility index (Phi) is 1.55. The minimum absolute atomic E-state index is 0.953. The number of hydrogen-bond donors (Lipinski definition) is 0. The molecule has 0 aromatic rings. The summed E-state index contributed by atoms with van der Waals surface area (Å²) >= 11 is 0.953. The Morgan fingerprint density at radius 1 is 1.00 bits per heavy atom. The van der Waals surface area contributed by atoms with Gasteiger partial charge in [0.1, 0.15) is 0 Å². The molecule has 0 heterocycles. The molecule has 3 saturated carbocycles. The Balaban J connectivity index is 2.11. The third-order valence-corrected chi connectivity index (χ3v) is 7.75. The van der Waals surface area contributed by atoms with Crippen LogP contribution in [0.4, 0.5) is 0 Å². The maximum absolute atomic E-state index is 1.62. The van der Waals surface area contributed by atoms with Gasteiger partial charge in [0.05, 0.1) is 0 Å². The summed E-state index contributed by atoms with van der Waals surface area (Å²) in [7, 11) is 0. The van der Waals surface area contributed by atoms with Crippen LogP contribution in [0.5, 0.6) is 0 Å². The summed E-state index contributed by atoms with van der Waals surface area (Å²) in [6.07, 6.45) is 9.63. The first-order chi connectivity index (χ1) is 4.29. The molecule has 3 rings (SSSR count). The third kappa shape index (κ3) is 1.15. The molecule has 2 bridgehead atoms. The molecule has 0 atom stereocenters. The van der Waals surface area contributed by atoms with Crippen molar-refractivity contribution in [1.82, 2.24) is 0 Å². The van der Waals surface area contributed by atoms with E-state index in [4.69, 9.17) is 0 Å². The van der Waals surface area contributed by atoms with Crippen LogP contribution < -0.4 is 0 Å². The molecule has 3 aliphatic rings. The van der Waals surface area contributed by atoms with Gasteiger partial charge in [-0.25, -0.2) is 0 Å². The summed E-state index contributed by atoms with van der Waals surface area (Å²) < 4.78 is 0.996. The topological polar surface area (TPSA) is 0 Å². The second-order valence-corrected chi connectivity index (χ2v) is 10.3. The molecule has 0 nitrogen and oxygen atoms in total. The summed E-state index contributed by atoms with van der Waals surface area (Å²) in [6.45, 7) is 0. The van der Waals surface area contributed by atoms with Crippen LogP contribution in [-0.2, 0) is 0 Å². The molecule has 0 aromatic heterocycles. The Hall–Kier alpha value is 0.799. The van der Waals surface area contributed by atoms with E-state index in [0.29, 0.717) is 0 Å². The average Bonchev–Trinajstić information content (AvgIpc) is 1.90. The summed E-state index contributed by atoms with van der Waals surface area (Å²) in [5.74, 6) is 1.16. The Morgan fingerprint density at radius 3 is 1.67 bits per heavy atom. The zero-order chi connectivity index (χ0) is 6.32. The van der Waals surface area contributed by atoms with Crippen LogP contribution in [0.25, 0.3) is 0 Å². The van der Waals surface area contributed by atoms with E-state index in [9.17, 15) is 0 Å². The van der Waals surface area contributed by atoms with E-state index < -0.39 is 0 Å². The van der Waals surface area contributed by atoms with E-state index in [1.165, 1.54) is 0 Å². The zero-order valence-electron chi connectivity index (χ0n) is 6.32. The number of rotatable bonds is 0. The van der Waals surface area contributed by atoms with Crippen LogP contribution in [0.1, 0.15) is 38.5 Å².